The number of furan rings is 1. The molecule has 1 saturated heterocycles. The highest BCUT2D eigenvalue weighted by molar-refractivity contribution is 7.99. The fourth-order valence-corrected chi connectivity index (χ4v) is 6.20. The summed E-state index contributed by atoms with van der Waals surface area (Å²) in [6.07, 6.45) is 6.92. The quantitative estimate of drug-likeness (QED) is 0.248. The van der Waals surface area contributed by atoms with Crippen molar-refractivity contribution in [2.75, 3.05) is 4.90 Å². The molecule has 1 aliphatic carbocycles. The van der Waals surface area contributed by atoms with Gasteiger partial charge in [-0.05, 0) is 105 Å². The molecular formula is C30H29N3O2S2. The largest absolute Gasteiger partial charge is 0.490 e. The van der Waals surface area contributed by atoms with Gasteiger partial charge in [0.1, 0.15) is 17.6 Å². The van der Waals surface area contributed by atoms with Crippen molar-refractivity contribution in [1.82, 2.24) is 10.3 Å². The molecule has 0 radical (unpaired) electrons. The summed E-state index contributed by atoms with van der Waals surface area (Å²) in [5.41, 5.74) is 3.15. The van der Waals surface area contributed by atoms with Crippen molar-refractivity contribution in [3.8, 4) is 5.75 Å². The van der Waals surface area contributed by atoms with E-state index in [1.165, 1.54) is 18.4 Å². The Morgan fingerprint density at radius 2 is 1.76 bits per heavy atom. The lowest BCUT2D eigenvalue weighted by Crippen LogP contribution is -2.29. The number of aromatic nitrogens is 1. The summed E-state index contributed by atoms with van der Waals surface area (Å²) in [5, 5.41) is 4.99. The van der Waals surface area contributed by atoms with E-state index in [4.69, 9.17) is 21.4 Å². The average molecular weight is 528 g/mol. The van der Waals surface area contributed by atoms with E-state index in [0.29, 0.717) is 11.2 Å². The molecule has 3 heterocycles. The van der Waals surface area contributed by atoms with E-state index in [0.717, 1.165) is 45.7 Å². The molecule has 4 aromatic rings. The number of aryl methyl sites for hydroxylation is 1. The molecule has 2 aliphatic rings. The van der Waals surface area contributed by atoms with Crippen molar-refractivity contribution in [1.29, 1.82) is 0 Å². The Morgan fingerprint density at radius 1 is 0.973 bits per heavy atom. The lowest BCUT2D eigenvalue weighted by Gasteiger charge is -2.26. The summed E-state index contributed by atoms with van der Waals surface area (Å²) in [7, 11) is 0. The van der Waals surface area contributed by atoms with Crippen LogP contribution in [-0.2, 0) is 0 Å². The van der Waals surface area contributed by atoms with E-state index < -0.39 is 0 Å². The Balaban J connectivity index is 1.30. The van der Waals surface area contributed by atoms with Gasteiger partial charge in [-0.2, -0.15) is 0 Å². The zero-order valence-electron chi connectivity index (χ0n) is 20.7. The van der Waals surface area contributed by atoms with Crippen LogP contribution in [0.5, 0.6) is 5.75 Å². The molecule has 1 saturated carbocycles. The van der Waals surface area contributed by atoms with Gasteiger partial charge in [0.05, 0.1) is 17.8 Å². The van der Waals surface area contributed by atoms with Crippen LogP contribution in [0.25, 0.3) is 0 Å². The number of ether oxygens (including phenoxy) is 1. The monoisotopic (exact) mass is 527 g/mol. The Labute approximate surface area is 227 Å². The predicted molar refractivity (Wildman–Crippen MR) is 151 cm³/mol. The van der Waals surface area contributed by atoms with Crippen LogP contribution in [0.1, 0.15) is 54.8 Å². The van der Waals surface area contributed by atoms with Crippen LogP contribution in [-0.4, -0.2) is 16.2 Å². The molecule has 2 aromatic heterocycles. The number of rotatable bonds is 7. The number of hydrogen-bond acceptors (Lipinski definition) is 5. The van der Waals surface area contributed by atoms with E-state index >= 15 is 0 Å². The molecule has 0 bridgehead atoms. The van der Waals surface area contributed by atoms with Gasteiger partial charge < -0.3 is 19.4 Å². The molecule has 0 amide bonds. The fraction of sp³-hybridized carbons (Fsp3) is 0.267. The number of pyridine rings is 1. The minimum atomic E-state index is -0.184. The molecule has 0 unspecified atom stereocenters. The molecule has 5 nitrogen and oxygen atoms in total. The van der Waals surface area contributed by atoms with Gasteiger partial charge in [-0.15, -0.1) is 0 Å². The Kier molecular flexibility index (Phi) is 6.89. The van der Waals surface area contributed by atoms with Gasteiger partial charge in [-0.1, -0.05) is 35.5 Å². The van der Waals surface area contributed by atoms with Crippen LogP contribution in [0.2, 0.25) is 0 Å². The third-order valence-corrected chi connectivity index (χ3v) is 8.19. The molecular weight excluding hydrogens is 498 g/mol. The minimum Gasteiger partial charge on any atom is -0.490 e. The molecule has 6 rings (SSSR count). The summed E-state index contributed by atoms with van der Waals surface area (Å²) in [5.74, 6) is 1.74. The SMILES string of the molecule is Cc1ccc(Sc2ccc([C@@H]3[C@H](c4ccccn4)NC(=S)N3c3ccc(OC4CCCC4)cc3)o2)cc1. The molecule has 1 aliphatic heterocycles. The van der Waals surface area contributed by atoms with Crippen molar-refractivity contribution in [2.45, 2.75) is 60.8 Å². The molecule has 2 atom stereocenters. The number of anilines is 1. The topological polar surface area (TPSA) is 50.5 Å². The summed E-state index contributed by atoms with van der Waals surface area (Å²) in [4.78, 5) is 7.91. The van der Waals surface area contributed by atoms with Crippen LogP contribution >= 0.6 is 24.0 Å². The highest BCUT2D eigenvalue weighted by Gasteiger charge is 2.42. The Bertz CT molecular complexity index is 1350. The van der Waals surface area contributed by atoms with Crippen molar-refractivity contribution >= 4 is 34.8 Å². The second kappa shape index (κ2) is 10.6. The lowest BCUT2D eigenvalue weighted by molar-refractivity contribution is 0.210. The van der Waals surface area contributed by atoms with Gasteiger partial charge in [-0.25, -0.2) is 0 Å². The highest BCUT2D eigenvalue weighted by Crippen LogP contribution is 2.43. The van der Waals surface area contributed by atoms with E-state index in [9.17, 15) is 0 Å². The van der Waals surface area contributed by atoms with Gasteiger partial charge in [0, 0.05) is 16.8 Å². The second-order valence-electron chi connectivity index (χ2n) is 9.59. The maximum Gasteiger partial charge on any atom is 0.174 e. The van der Waals surface area contributed by atoms with Crippen LogP contribution < -0.4 is 15.0 Å². The minimum absolute atomic E-state index is 0.147. The molecule has 2 fully saturated rings. The number of benzene rings is 2. The molecule has 7 heteroatoms. The second-order valence-corrected chi connectivity index (χ2v) is 11.1. The predicted octanol–water partition coefficient (Wildman–Crippen LogP) is 7.63. The summed E-state index contributed by atoms with van der Waals surface area (Å²) in [6.45, 7) is 2.09. The van der Waals surface area contributed by atoms with Crippen LogP contribution in [0.3, 0.4) is 0 Å². The van der Waals surface area contributed by atoms with Gasteiger partial charge in [0.25, 0.3) is 0 Å². The van der Waals surface area contributed by atoms with Gasteiger partial charge in [0.2, 0.25) is 0 Å². The first-order valence-electron chi connectivity index (χ1n) is 12.8. The first-order valence-corrected chi connectivity index (χ1v) is 14.0. The maximum absolute atomic E-state index is 6.44. The summed E-state index contributed by atoms with van der Waals surface area (Å²) >= 11 is 7.48. The first kappa shape index (κ1) is 24.1. The van der Waals surface area contributed by atoms with E-state index in [-0.39, 0.29) is 12.1 Å². The van der Waals surface area contributed by atoms with Crippen molar-refractivity contribution in [2.24, 2.45) is 0 Å². The third-order valence-electron chi connectivity index (χ3n) is 6.95. The van der Waals surface area contributed by atoms with Crippen LogP contribution in [0, 0.1) is 6.92 Å². The van der Waals surface area contributed by atoms with Crippen LogP contribution in [0.4, 0.5) is 5.69 Å². The zero-order valence-corrected chi connectivity index (χ0v) is 22.3. The normalized spacial score (nSPS) is 19.8. The van der Waals surface area contributed by atoms with Crippen LogP contribution in [0.15, 0.2) is 99.5 Å². The number of thiocarbonyl (C=S) groups is 1. The fourth-order valence-electron chi connectivity index (χ4n) is 5.08. The first-order chi connectivity index (χ1) is 18.1. The number of hydrogen-bond donors (Lipinski definition) is 1. The number of nitrogens with zero attached hydrogens (tertiary/aromatic N) is 2. The van der Waals surface area contributed by atoms with Gasteiger partial charge >= 0.3 is 0 Å². The summed E-state index contributed by atoms with van der Waals surface area (Å²) < 4.78 is 12.6. The molecule has 188 valence electrons. The van der Waals surface area contributed by atoms with Crippen molar-refractivity contribution in [3.63, 3.8) is 0 Å². The number of nitrogens with one attached hydrogen (secondary N) is 1. The maximum atomic E-state index is 6.44. The van der Waals surface area contributed by atoms with E-state index in [1.807, 2.05) is 42.6 Å². The highest BCUT2D eigenvalue weighted by atomic mass is 32.2. The zero-order chi connectivity index (χ0) is 25.2. The van der Waals surface area contributed by atoms with E-state index in [2.05, 4.69) is 64.6 Å². The standard InChI is InChI=1S/C30H29N3O2S2/c1-20-9-15-24(16-10-20)37-27-18-17-26(35-27)29-28(25-8-4-5-19-31-25)32-30(36)33(29)21-11-13-23(14-12-21)34-22-6-2-3-7-22/h4-5,8-19,22,28-29H,2-3,6-7H2,1H3,(H,32,36)/t28-,29+/m0/s1. The third kappa shape index (κ3) is 5.24. The average Bonchev–Trinajstić information content (AvgIpc) is 3.67. The van der Waals surface area contributed by atoms with Crippen molar-refractivity contribution < 1.29 is 9.15 Å². The lowest BCUT2D eigenvalue weighted by atomic mass is 10.0. The van der Waals surface area contributed by atoms with Gasteiger partial charge in [-0.3, -0.25) is 4.98 Å². The van der Waals surface area contributed by atoms with Crippen molar-refractivity contribution in [3.05, 3.63) is 102 Å². The van der Waals surface area contributed by atoms with E-state index in [1.54, 1.807) is 11.8 Å². The molecule has 1 N–H and O–H groups in total. The van der Waals surface area contributed by atoms with Gasteiger partial charge in [0.15, 0.2) is 10.2 Å². The molecule has 37 heavy (non-hydrogen) atoms. The molecule has 0 spiro atoms. The summed E-state index contributed by atoms with van der Waals surface area (Å²) in [6, 6.07) is 26.4. The Hall–Kier alpha value is -3.29. The molecule has 2 aromatic carbocycles. The Morgan fingerprint density at radius 3 is 2.49 bits per heavy atom. The smallest absolute Gasteiger partial charge is 0.174 e.